The molecule has 2 aliphatic rings. The Morgan fingerprint density at radius 2 is 1.92 bits per heavy atom. The van der Waals surface area contributed by atoms with E-state index < -0.39 is 18.5 Å². The summed E-state index contributed by atoms with van der Waals surface area (Å²) >= 11 is 0. The Morgan fingerprint density at radius 3 is 2.62 bits per heavy atom. The third kappa shape index (κ3) is 1.66. The normalized spacial score (nSPS) is 35.1. The lowest BCUT2D eigenvalue weighted by Gasteiger charge is -2.24. The Bertz CT molecular complexity index is 240. The monoisotopic (exact) mass is 184 g/mol. The van der Waals surface area contributed by atoms with Gasteiger partial charge in [0.1, 0.15) is 12.2 Å². The molecule has 2 atom stereocenters. The summed E-state index contributed by atoms with van der Waals surface area (Å²) < 4.78 is 10.4. The second kappa shape index (κ2) is 3.59. The summed E-state index contributed by atoms with van der Waals surface area (Å²) in [5.74, 6) is 0. The first-order valence-electron chi connectivity index (χ1n) is 4.26. The van der Waals surface area contributed by atoms with Crippen molar-refractivity contribution in [1.29, 1.82) is 0 Å². The summed E-state index contributed by atoms with van der Waals surface area (Å²) in [4.78, 5) is 0. The van der Waals surface area contributed by atoms with Crippen LogP contribution in [0.2, 0.25) is 0 Å². The number of aliphatic hydroxyl groups is 2. The standard InChI is InChI=1S/C9H12O4/c10-7-3-1-2-6(8(7)11)9-12-4-5-13-9/h1-3,7-11H,4-5H2/t7-,8+/m0/s1. The van der Waals surface area contributed by atoms with E-state index in [4.69, 9.17) is 9.47 Å². The van der Waals surface area contributed by atoms with E-state index in [0.29, 0.717) is 18.8 Å². The van der Waals surface area contributed by atoms with Gasteiger partial charge in [0, 0.05) is 5.57 Å². The molecule has 0 bridgehead atoms. The Kier molecular flexibility index (Phi) is 2.46. The molecule has 0 aromatic carbocycles. The molecule has 2 rings (SSSR count). The van der Waals surface area contributed by atoms with Gasteiger partial charge in [-0.25, -0.2) is 0 Å². The highest BCUT2D eigenvalue weighted by Gasteiger charge is 2.30. The summed E-state index contributed by atoms with van der Waals surface area (Å²) in [5.41, 5.74) is 0.590. The first kappa shape index (κ1) is 8.90. The summed E-state index contributed by atoms with van der Waals surface area (Å²) in [6.07, 6.45) is 2.68. The molecular weight excluding hydrogens is 172 g/mol. The fourth-order valence-electron chi connectivity index (χ4n) is 1.45. The van der Waals surface area contributed by atoms with Crippen molar-refractivity contribution in [3.63, 3.8) is 0 Å². The maximum Gasteiger partial charge on any atom is 0.182 e. The summed E-state index contributed by atoms with van der Waals surface area (Å²) in [6, 6.07) is 0. The summed E-state index contributed by atoms with van der Waals surface area (Å²) in [6.45, 7) is 1.07. The fraction of sp³-hybridized carbons (Fsp3) is 0.556. The van der Waals surface area contributed by atoms with E-state index in [2.05, 4.69) is 0 Å². The van der Waals surface area contributed by atoms with Gasteiger partial charge in [0.15, 0.2) is 6.29 Å². The Balaban J connectivity index is 2.12. The number of rotatable bonds is 1. The van der Waals surface area contributed by atoms with Crippen LogP contribution < -0.4 is 0 Å². The first-order chi connectivity index (χ1) is 6.29. The van der Waals surface area contributed by atoms with Crippen LogP contribution in [-0.4, -0.2) is 41.9 Å². The number of ether oxygens (including phenoxy) is 2. The molecule has 72 valence electrons. The molecular formula is C9H12O4. The van der Waals surface area contributed by atoms with Crippen LogP contribution in [0.5, 0.6) is 0 Å². The van der Waals surface area contributed by atoms with E-state index in [1.54, 1.807) is 12.2 Å². The van der Waals surface area contributed by atoms with Crippen LogP contribution in [0.4, 0.5) is 0 Å². The van der Waals surface area contributed by atoms with Gasteiger partial charge in [-0.15, -0.1) is 0 Å². The highest BCUT2D eigenvalue weighted by molar-refractivity contribution is 5.27. The van der Waals surface area contributed by atoms with E-state index >= 15 is 0 Å². The van der Waals surface area contributed by atoms with Gasteiger partial charge in [-0.3, -0.25) is 0 Å². The lowest BCUT2D eigenvalue weighted by atomic mass is 9.99. The zero-order valence-corrected chi connectivity index (χ0v) is 7.09. The molecule has 0 amide bonds. The number of hydrogen-bond acceptors (Lipinski definition) is 4. The summed E-state index contributed by atoms with van der Waals surface area (Å²) in [7, 11) is 0. The van der Waals surface area contributed by atoms with Crippen molar-refractivity contribution < 1.29 is 19.7 Å². The van der Waals surface area contributed by atoms with Crippen molar-refractivity contribution in [2.45, 2.75) is 18.5 Å². The van der Waals surface area contributed by atoms with Crippen molar-refractivity contribution in [3.8, 4) is 0 Å². The third-order valence-corrected chi connectivity index (χ3v) is 2.16. The van der Waals surface area contributed by atoms with E-state index in [0.717, 1.165) is 0 Å². The maximum atomic E-state index is 9.57. The van der Waals surface area contributed by atoms with E-state index in [1.165, 1.54) is 6.08 Å². The summed E-state index contributed by atoms with van der Waals surface area (Å²) in [5, 5.41) is 18.9. The molecule has 0 unspecified atom stereocenters. The van der Waals surface area contributed by atoms with Crippen LogP contribution in [0.25, 0.3) is 0 Å². The van der Waals surface area contributed by atoms with Crippen LogP contribution in [0, 0.1) is 0 Å². The average Bonchev–Trinajstić information content (AvgIpc) is 2.62. The molecule has 0 saturated carbocycles. The molecule has 1 aliphatic carbocycles. The van der Waals surface area contributed by atoms with Gasteiger partial charge in [0.25, 0.3) is 0 Å². The van der Waals surface area contributed by atoms with Crippen molar-refractivity contribution >= 4 is 0 Å². The number of aliphatic hydroxyl groups excluding tert-OH is 2. The Hall–Kier alpha value is -0.680. The molecule has 0 aromatic heterocycles. The van der Waals surface area contributed by atoms with Crippen LogP contribution in [0.1, 0.15) is 0 Å². The van der Waals surface area contributed by atoms with Gasteiger partial charge in [-0.05, 0) is 0 Å². The molecule has 2 N–H and O–H groups in total. The quantitative estimate of drug-likeness (QED) is 0.581. The van der Waals surface area contributed by atoms with Gasteiger partial charge in [0.05, 0.1) is 13.2 Å². The van der Waals surface area contributed by atoms with Gasteiger partial charge in [0.2, 0.25) is 0 Å². The average molecular weight is 184 g/mol. The minimum Gasteiger partial charge on any atom is -0.386 e. The SMILES string of the molecule is O[C@@H]1C(C2OCCO2)=CC=C[C@@H]1O. The molecule has 13 heavy (non-hydrogen) atoms. The smallest absolute Gasteiger partial charge is 0.182 e. The largest absolute Gasteiger partial charge is 0.386 e. The van der Waals surface area contributed by atoms with Gasteiger partial charge in [-0.1, -0.05) is 18.2 Å². The second-order valence-corrected chi connectivity index (χ2v) is 3.06. The third-order valence-electron chi connectivity index (χ3n) is 2.16. The highest BCUT2D eigenvalue weighted by Crippen LogP contribution is 2.22. The van der Waals surface area contributed by atoms with Crippen LogP contribution in [-0.2, 0) is 9.47 Å². The van der Waals surface area contributed by atoms with Crippen molar-refractivity contribution in [2.24, 2.45) is 0 Å². The number of hydrogen-bond donors (Lipinski definition) is 2. The fourth-order valence-corrected chi connectivity index (χ4v) is 1.45. The van der Waals surface area contributed by atoms with Gasteiger partial charge >= 0.3 is 0 Å². The number of allylic oxidation sites excluding steroid dienone is 2. The second-order valence-electron chi connectivity index (χ2n) is 3.06. The molecule has 1 aliphatic heterocycles. The first-order valence-corrected chi connectivity index (χ1v) is 4.26. The van der Waals surface area contributed by atoms with Crippen molar-refractivity contribution in [1.82, 2.24) is 0 Å². The topological polar surface area (TPSA) is 58.9 Å². The molecule has 1 fully saturated rings. The zero-order valence-electron chi connectivity index (χ0n) is 7.09. The van der Waals surface area contributed by atoms with Gasteiger partial charge < -0.3 is 19.7 Å². The van der Waals surface area contributed by atoms with Crippen molar-refractivity contribution in [3.05, 3.63) is 23.8 Å². The molecule has 4 heteroatoms. The van der Waals surface area contributed by atoms with Crippen LogP contribution >= 0.6 is 0 Å². The molecule has 1 saturated heterocycles. The predicted octanol–water partition coefficient (Wildman–Crippen LogP) is -0.423. The van der Waals surface area contributed by atoms with Crippen LogP contribution in [0.3, 0.4) is 0 Å². The molecule has 4 nitrogen and oxygen atoms in total. The minimum atomic E-state index is -0.909. The molecule has 0 aromatic rings. The van der Waals surface area contributed by atoms with Crippen molar-refractivity contribution in [2.75, 3.05) is 13.2 Å². The zero-order chi connectivity index (χ0) is 9.26. The molecule has 1 heterocycles. The maximum absolute atomic E-state index is 9.57. The van der Waals surface area contributed by atoms with E-state index in [1.807, 2.05) is 0 Å². The Labute approximate surface area is 76.1 Å². The molecule has 0 spiro atoms. The van der Waals surface area contributed by atoms with Crippen LogP contribution in [0.15, 0.2) is 23.8 Å². The van der Waals surface area contributed by atoms with Gasteiger partial charge in [-0.2, -0.15) is 0 Å². The lowest BCUT2D eigenvalue weighted by Crippen LogP contribution is -2.33. The predicted molar refractivity (Wildman–Crippen MR) is 44.9 cm³/mol. The van der Waals surface area contributed by atoms with E-state index in [-0.39, 0.29) is 0 Å². The molecule has 0 radical (unpaired) electrons. The Morgan fingerprint density at radius 1 is 1.23 bits per heavy atom. The van der Waals surface area contributed by atoms with E-state index in [9.17, 15) is 10.2 Å². The highest BCUT2D eigenvalue weighted by atomic mass is 16.7. The lowest BCUT2D eigenvalue weighted by molar-refractivity contribution is -0.0398. The minimum absolute atomic E-state index is 0.491.